The summed E-state index contributed by atoms with van der Waals surface area (Å²) in [6.07, 6.45) is 1.83. The van der Waals surface area contributed by atoms with E-state index < -0.39 is 0 Å². The molecule has 1 rings (SSSR count). The van der Waals surface area contributed by atoms with E-state index in [1.54, 1.807) is 0 Å². The second-order valence-electron chi connectivity index (χ2n) is 5.11. The minimum Gasteiger partial charge on any atom is -0.396 e. The molecule has 96 valence electrons. The summed E-state index contributed by atoms with van der Waals surface area (Å²) in [4.78, 5) is 0. The first-order valence-electron chi connectivity index (χ1n) is 6.43. The Hall–Kier alpha value is -0.860. The van der Waals surface area contributed by atoms with Gasteiger partial charge in [0.25, 0.3) is 0 Å². The lowest BCUT2D eigenvalue weighted by atomic mass is 9.93. The van der Waals surface area contributed by atoms with Gasteiger partial charge in [-0.25, -0.2) is 0 Å². The number of nitrogens with one attached hydrogen (secondary N) is 1. The monoisotopic (exact) mass is 235 g/mol. The van der Waals surface area contributed by atoms with E-state index in [1.165, 1.54) is 16.7 Å². The Morgan fingerprint density at radius 1 is 1.24 bits per heavy atom. The molecule has 0 saturated carbocycles. The lowest BCUT2D eigenvalue weighted by Gasteiger charge is -2.30. The normalized spacial score (nSPS) is 14.6. The summed E-state index contributed by atoms with van der Waals surface area (Å²) in [6, 6.07) is 6.40. The molecule has 0 bridgehead atoms. The van der Waals surface area contributed by atoms with Gasteiger partial charge in [0.1, 0.15) is 0 Å². The zero-order valence-electron chi connectivity index (χ0n) is 11.5. The third-order valence-electron chi connectivity index (χ3n) is 3.78. The minimum atomic E-state index is 0.0312. The van der Waals surface area contributed by atoms with E-state index in [2.05, 4.69) is 51.2 Å². The molecule has 1 unspecified atom stereocenters. The summed E-state index contributed by atoms with van der Waals surface area (Å²) in [6.45, 7) is 9.76. The van der Waals surface area contributed by atoms with E-state index in [0.29, 0.717) is 0 Å². The maximum atomic E-state index is 9.10. The van der Waals surface area contributed by atoms with E-state index in [-0.39, 0.29) is 12.1 Å². The highest BCUT2D eigenvalue weighted by atomic mass is 16.3. The molecule has 1 atom stereocenters. The molecule has 0 heterocycles. The third kappa shape index (κ3) is 3.83. The van der Waals surface area contributed by atoms with Crippen molar-refractivity contribution < 1.29 is 5.11 Å². The molecule has 0 saturated heterocycles. The van der Waals surface area contributed by atoms with Crippen LogP contribution in [0.4, 0.5) is 0 Å². The molecule has 2 heteroatoms. The number of rotatable bonds is 6. The van der Waals surface area contributed by atoms with Crippen LogP contribution in [0.25, 0.3) is 0 Å². The Balaban J connectivity index is 2.72. The van der Waals surface area contributed by atoms with Crippen molar-refractivity contribution in [2.45, 2.75) is 52.6 Å². The van der Waals surface area contributed by atoms with Crippen molar-refractivity contribution in [1.29, 1.82) is 0 Å². The van der Waals surface area contributed by atoms with Crippen molar-refractivity contribution >= 4 is 0 Å². The smallest absolute Gasteiger partial charge is 0.0448 e. The fourth-order valence-corrected chi connectivity index (χ4v) is 2.07. The lowest BCUT2D eigenvalue weighted by molar-refractivity contribution is 0.214. The summed E-state index contributed by atoms with van der Waals surface area (Å²) in [7, 11) is 0. The van der Waals surface area contributed by atoms with Crippen LogP contribution in [0.5, 0.6) is 0 Å². The third-order valence-corrected chi connectivity index (χ3v) is 3.78. The molecule has 0 spiro atoms. The maximum Gasteiger partial charge on any atom is 0.0448 e. The van der Waals surface area contributed by atoms with Crippen LogP contribution in [0.3, 0.4) is 0 Å². The number of aliphatic hydroxyl groups is 1. The van der Waals surface area contributed by atoms with Gasteiger partial charge in [0.05, 0.1) is 0 Å². The van der Waals surface area contributed by atoms with Crippen molar-refractivity contribution in [1.82, 2.24) is 5.32 Å². The van der Waals surface area contributed by atoms with Gasteiger partial charge in [-0.2, -0.15) is 0 Å². The predicted octanol–water partition coefficient (Wildman–Crippen LogP) is 2.94. The van der Waals surface area contributed by atoms with E-state index >= 15 is 0 Å². The Labute approximate surface area is 105 Å². The molecular weight excluding hydrogens is 210 g/mol. The van der Waals surface area contributed by atoms with E-state index in [4.69, 9.17) is 5.11 Å². The first-order valence-corrected chi connectivity index (χ1v) is 6.43. The summed E-state index contributed by atoms with van der Waals surface area (Å²) in [5.41, 5.74) is 4.08. The molecule has 1 aromatic rings. The Kier molecular flexibility index (Phi) is 5.16. The highest BCUT2D eigenvalue weighted by molar-refractivity contribution is 5.33. The second kappa shape index (κ2) is 6.18. The Morgan fingerprint density at radius 2 is 1.82 bits per heavy atom. The zero-order valence-corrected chi connectivity index (χ0v) is 11.5. The van der Waals surface area contributed by atoms with Gasteiger partial charge in [-0.1, -0.05) is 25.1 Å². The van der Waals surface area contributed by atoms with Crippen molar-refractivity contribution in [2.24, 2.45) is 0 Å². The zero-order chi connectivity index (χ0) is 12.9. The molecule has 2 nitrogen and oxygen atoms in total. The number of hydrogen-bond acceptors (Lipinski definition) is 2. The number of hydrogen-bond donors (Lipinski definition) is 2. The Bertz CT molecular complexity index is 342. The van der Waals surface area contributed by atoms with Crippen LogP contribution in [0, 0.1) is 13.8 Å². The van der Waals surface area contributed by atoms with Gasteiger partial charge >= 0.3 is 0 Å². The van der Waals surface area contributed by atoms with Crippen molar-refractivity contribution in [3.8, 4) is 0 Å². The molecule has 0 aliphatic carbocycles. The van der Waals surface area contributed by atoms with Crippen LogP contribution in [0.1, 0.15) is 43.4 Å². The highest BCUT2D eigenvalue weighted by Crippen LogP contribution is 2.18. The average Bonchev–Trinajstić information content (AvgIpc) is 2.29. The Morgan fingerprint density at radius 3 is 2.29 bits per heavy atom. The largest absolute Gasteiger partial charge is 0.396 e. The topological polar surface area (TPSA) is 32.3 Å². The van der Waals surface area contributed by atoms with Crippen molar-refractivity contribution in [2.75, 3.05) is 6.61 Å². The highest BCUT2D eigenvalue weighted by Gasteiger charge is 2.20. The maximum absolute atomic E-state index is 9.10. The molecule has 17 heavy (non-hydrogen) atoms. The van der Waals surface area contributed by atoms with Gasteiger partial charge in [-0.05, 0) is 50.3 Å². The second-order valence-corrected chi connectivity index (χ2v) is 5.11. The molecule has 1 aromatic carbocycles. The number of aryl methyl sites for hydroxylation is 2. The quantitative estimate of drug-likeness (QED) is 0.794. The first-order chi connectivity index (χ1) is 8.02. The van der Waals surface area contributed by atoms with Gasteiger partial charge in [0, 0.05) is 18.7 Å². The van der Waals surface area contributed by atoms with Gasteiger partial charge in [0.2, 0.25) is 0 Å². The summed E-state index contributed by atoms with van der Waals surface area (Å²) < 4.78 is 0. The molecule has 0 radical (unpaired) electrons. The number of benzene rings is 1. The van der Waals surface area contributed by atoms with E-state index in [1.807, 2.05) is 0 Å². The summed E-state index contributed by atoms with van der Waals surface area (Å²) in [5, 5.41) is 12.7. The molecule has 0 fully saturated rings. The molecule has 2 N–H and O–H groups in total. The molecule has 0 aromatic heterocycles. The van der Waals surface area contributed by atoms with Crippen LogP contribution >= 0.6 is 0 Å². The van der Waals surface area contributed by atoms with Crippen LogP contribution in [-0.4, -0.2) is 17.3 Å². The average molecular weight is 235 g/mol. The molecular formula is C15H25NO. The predicted molar refractivity (Wildman–Crippen MR) is 73.2 cm³/mol. The van der Waals surface area contributed by atoms with Gasteiger partial charge in [-0.3, -0.25) is 0 Å². The number of aliphatic hydroxyl groups excluding tert-OH is 1. The fraction of sp³-hybridized carbons (Fsp3) is 0.600. The van der Waals surface area contributed by atoms with Crippen LogP contribution in [0.15, 0.2) is 18.2 Å². The van der Waals surface area contributed by atoms with Gasteiger partial charge in [-0.15, -0.1) is 0 Å². The van der Waals surface area contributed by atoms with Crippen molar-refractivity contribution in [3.63, 3.8) is 0 Å². The van der Waals surface area contributed by atoms with E-state index in [0.717, 1.165) is 19.4 Å². The summed E-state index contributed by atoms with van der Waals surface area (Å²) >= 11 is 0. The first kappa shape index (κ1) is 14.2. The molecule has 0 aliphatic rings. The minimum absolute atomic E-state index is 0.0312. The van der Waals surface area contributed by atoms with Crippen LogP contribution in [0.2, 0.25) is 0 Å². The molecule has 0 amide bonds. The van der Waals surface area contributed by atoms with Crippen LogP contribution < -0.4 is 5.32 Å². The summed E-state index contributed by atoms with van der Waals surface area (Å²) in [5.74, 6) is 0. The van der Waals surface area contributed by atoms with Crippen LogP contribution in [-0.2, 0) is 6.54 Å². The van der Waals surface area contributed by atoms with Gasteiger partial charge in [0.15, 0.2) is 0 Å². The SMILES string of the molecule is CCC(C)(CCO)NCc1c(C)cccc1C. The molecule has 0 aliphatic heterocycles. The lowest BCUT2D eigenvalue weighted by Crippen LogP contribution is -2.42. The van der Waals surface area contributed by atoms with Crippen molar-refractivity contribution in [3.05, 3.63) is 34.9 Å². The standard InChI is InChI=1S/C15H25NO/c1-5-15(4,9-10-17)16-11-14-12(2)7-6-8-13(14)3/h6-8,16-17H,5,9-11H2,1-4H3. The van der Waals surface area contributed by atoms with Gasteiger partial charge < -0.3 is 10.4 Å². The fourth-order valence-electron chi connectivity index (χ4n) is 2.07. The van der Waals surface area contributed by atoms with E-state index in [9.17, 15) is 0 Å².